The van der Waals surface area contributed by atoms with Gasteiger partial charge in [-0.3, -0.25) is 4.79 Å². The lowest BCUT2D eigenvalue weighted by atomic mass is 10.0. The Balaban J connectivity index is 2.53. The van der Waals surface area contributed by atoms with Crippen LogP contribution in [0.1, 0.15) is 33.6 Å². The normalized spacial score (nSPS) is 17.0. The van der Waals surface area contributed by atoms with E-state index >= 15 is 0 Å². The SMILES string of the molecule is CCCN(C(=O)CC(C)(C)OC)C1CNC1. The van der Waals surface area contributed by atoms with Crippen LogP contribution in [0.25, 0.3) is 0 Å². The van der Waals surface area contributed by atoms with E-state index in [1.54, 1.807) is 7.11 Å². The zero-order chi connectivity index (χ0) is 12.2. The monoisotopic (exact) mass is 228 g/mol. The fourth-order valence-electron chi connectivity index (χ4n) is 1.78. The average Bonchev–Trinajstić information content (AvgIpc) is 2.14. The minimum atomic E-state index is -0.361. The highest BCUT2D eigenvalue weighted by Crippen LogP contribution is 2.17. The minimum Gasteiger partial charge on any atom is -0.378 e. The molecule has 1 heterocycles. The molecule has 0 radical (unpaired) electrons. The maximum Gasteiger partial charge on any atom is 0.225 e. The molecule has 1 aliphatic heterocycles. The van der Waals surface area contributed by atoms with E-state index < -0.39 is 0 Å². The summed E-state index contributed by atoms with van der Waals surface area (Å²) in [5.41, 5.74) is -0.361. The molecule has 0 saturated carbocycles. The number of methoxy groups -OCH3 is 1. The largest absolute Gasteiger partial charge is 0.378 e. The smallest absolute Gasteiger partial charge is 0.225 e. The number of hydrogen-bond donors (Lipinski definition) is 1. The third-order valence-corrected chi connectivity index (χ3v) is 3.12. The molecule has 1 saturated heterocycles. The van der Waals surface area contributed by atoms with Gasteiger partial charge in [0.2, 0.25) is 5.91 Å². The van der Waals surface area contributed by atoms with Crippen LogP contribution in [-0.2, 0) is 9.53 Å². The third kappa shape index (κ3) is 3.46. The zero-order valence-electron chi connectivity index (χ0n) is 10.9. The van der Waals surface area contributed by atoms with Crippen molar-refractivity contribution in [3.8, 4) is 0 Å². The van der Waals surface area contributed by atoms with Crippen molar-refractivity contribution < 1.29 is 9.53 Å². The Kier molecular flexibility index (Phi) is 4.74. The fraction of sp³-hybridized carbons (Fsp3) is 0.917. The van der Waals surface area contributed by atoms with Gasteiger partial charge in [-0.15, -0.1) is 0 Å². The molecular weight excluding hydrogens is 204 g/mol. The molecule has 0 atom stereocenters. The van der Waals surface area contributed by atoms with E-state index in [1.165, 1.54) is 0 Å². The Morgan fingerprint density at radius 2 is 2.12 bits per heavy atom. The van der Waals surface area contributed by atoms with Gasteiger partial charge in [0.25, 0.3) is 0 Å². The van der Waals surface area contributed by atoms with E-state index in [1.807, 2.05) is 18.7 Å². The zero-order valence-corrected chi connectivity index (χ0v) is 10.9. The summed E-state index contributed by atoms with van der Waals surface area (Å²) in [5, 5.41) is 3.21. The third-order valence-electron chi connectivity index (χ3n) is 3.12. The first-order valence-electron chi connectivity index (χ1n) is 6.05. The van der Waals surface area contributed by atoms with Crippen molar-refractivity contribution in [1.82, 2.24) is 10.2 Å². The number of ether oxygens (including phenoxy) is 1. The summed E-state index contributed by atoms with van der Waals surface area (Å²) in [6.07, 6.45) is 1.47. The topological polar surface area (TPSA) is 41.6 Å². The Morgan fingerprint density at radius 3 is 2.50 bits per heavy atom. The Hall–Kier alpha value is -0.610. The molecule has 1 N–H and O–H groups in total. The van der Waals surface area contributed by atoms with Crippen LogP contribution < -0.4 is 5.32 Å². The van der Waals surface area contributed by atoms with Crippen LogP contribution in [0, 0.1) is 0 Å². The van der Waals surface area contributed by atoms with Crippen LogP contribution in [0.5, 0.6) is 0 Å². The van der Waals surface area contributed by atoms with Gasteiger partial charge in [-0.2, -0.15) is 0 Å². The van der Waals surface area contributed by atoms with Gasteiger partial charge in [0.15, 0.2) is 0 Å². The Bertz CT molecular complexity index is 237. The molecule has 1 aliphatic rings. The lowest BCUT2D eigenvalue weighted by Crippen LogP contribution is -2.59. The van der Waals surface area contributed by atoms with Gasteiger partial charge in [-0.25, -0.2) is 0 Å². The fourth-order valence-corrected chi connectivity index (χ4v) is 1.78. The molecule has 1 fully saturated rings. The van der Waals surface area contributed by atoms with Crippen molar-refractivity contribution >= 4 is 5.91 Å². The standard InChI is InChI=1S/C12H24N2O2/c1-5-6-14(10-8-13-9-10)11(15)7-12(2,3)16-4/h10,13H,5-9H2,1-4H3. The van der Waals surface area contributed by atoms with E-state index in [0.717, 1.165) is 26.1 Å². The van der Waals surface area contributed by atoms with Gasteiger partial charge in [-0.1, -0.05) is 6.92 Å². The van der Waals surface area contributed by atoms with Gasteiger partial charge in [0.05, 0.1) is 18.1 Å². The molecule has 4 heteroatoms. The van der Waals surface area contributed by atoms with Gasteiger partial charge in [-0.05, 0) is 20.3 Å². The number of amides is 1. The summed E-state index contributed by atoms with van der Waals surface area (Å²) in [5.74, 6) is 0.209. The predicted molar refractivity (Wildman–Crippen MR) is 64.4 cm³/mol. The van der Waals surface area contributed by atoms with E-state index in [4.69, 9.17) is 4.74 Å². The van der Waals surface area contributed by atoms with E-state index in [2.05, 4.69) is 12.2 Å². The first-order chi connectivity index (χ1) is 7.50. The second-order valence-corrected chi connectivity index (χ2v) is 5.04. The maximum atomic E-state index is 12.2. The van der Waals surface area contributed by atoms with Crippen LogP contribution >= 0.6 is 0 Å². The van der Waals surface area contributed by atoms with Crippen molar-refractivity contribution in [2.75, 3.05) is 26.7 Å². The number of carbonyl (C=O) groups excluding carboxylic acids is 1. The second kappa shape index (κ2) is 5.64. The number of nitrogens with zero attached hydrogens (tertiary/aromatic N) is 1. The lowest BCUT2D eigenvalue weighted by Gasteiger charge is -2.39. The van der Waals surface area contributed by atoms with Crippen LogP contribution in [0.3, 0.4) is 0 Å². The Morgan fingerprint density at radius 1 is 1.50 bits per heavy atom. The summed E-state index contributed by atoms with van der Waals surface area (Å²) in [6.45, 7) is 8.72. The first kappa shape index (κ1) is 13.5. The van der Waals surface area contributed by atoms with Crippen molar-refractivity contribution in [2.45, 2.75) is 45.3 Å². The van der Waals surface area contributed by atoms with Crippen LogP contribution in [0.15, 0.2) is 0 Å². The predicted octanol–water partition coefficient (Wildman–Crippen LogP) is 1.01. The molecule has 1 rings (SSSR count). The van der Waals surface area contributed by atoms with Gasteiger partial charge < -0.3 is 15.0 Å². The molecule has 1 amide bonds. The molecule has 16 heavy (non-hydrogen) atoms. The minimum absolute atomic E-state index is 0.209. The number of carbonyl (C=O) groups is 1. The summed E-state index contributed by atoms with van der Waals surface area (Å²) in [4.78, 5) is 14.2. The molecule has 0 bridgehead atoms. The highest BCUT2D eigenvalue weighted by atomic mass is 16.5. The second-order valence-electron chi connectivity index (χ2n) is 5.04. The molecule has 0 aromatic heterocycles. The van der Waals surface area contributed by atoms with Crippen molar-refractivity contribution in [2.24, 2.45) is 0 Å². The molecule has 0 unspecified atom stereocenters. The van der Waals surface area contributed by atoms with Crippen LogP contribution in [0.4, 0.5) is 0 Å². The number of nitrogens with one attached hydrogen (secondary N) is 1. The summed E-state index contributed by atoms with van der Waals surface area (Å²) in [6, 6.07) is 0.389. The first-order valence-corrected chi connectivity index (χ1v) is 6.05. The van der Waals surface area contributed by atoms with Gasteiger partial charge in [0.1, 0.15) is 0 Å². The summed E-state index contributed by atoms with van der Waals surface area (Å²) in [7, 11) is 1.66. The summed E-state index contributed by atoms with van der Waals surface area (Å²) >= 11 is 0. The highest BCUT2D eigenvalue weighted by Gasteiger charge is 2.31. The molecular formula is C12H24N2O2. The van der Waals surface area contributed by atoms with Gasteiger partial charge in [0, 0.05) is 26.7 Å². The molecule has 4 nitrogen and oxygen atoms in total. The quantitative estimate of drug-likeness (QED) is 0.738. The van der Waals surface area contributed by atoms with E-state index in [9.17, 15) is 4.79 Å². The number of rotatable bonds is 6. The molecule has 0 aliphatic carbocycles. The maximum absolute atomic E-state index is 12.2. The van der Waals surface area contributed by atoms with Crippen molar-refractivity contribution in [3.63, 3.8) is 0 Å². The number of hydrogen-bond acceptors (Lipinski definition) is 3. The van der Waals surface area contributed by atoms with Crippen LogP contribution in [-0.4, -0.2) is 49.2 Å². The van der Waals surface area contributed by atoms with E-state index in [0.29, 0.717) is 12.5 Å². The molecule has 0 spiro atoms. The Labute approximate surface area is 98.3 Å². The van der Waals surface area contributed by atoms with Gasteiger partial charge >= 0.3 is 0 Å². The molecule has 0 aromatic carbocycles. The lowest BCUT2D eigenvalue weighted by molar-refractivity contribution is -0.139. The molecule has 94 valence electrons. The summed E-state index contributed by atoms with van der Waals surface area (Å²) < 4.78 is 5.30. The van der Waals surface area contributed by atoms with E-state index in [-0.39, 0.29) is 11.5 Å². The highest BCUT2D eigenvalue weighted by molar-refractivity contribution is 5.77. The van der Waals surface area contributed by atoms with Crippen molar-refractivity contribution in [3.05, 3.63) is 0 Å². The van der Waals surface area contributed by atoms with Crippen molar-refractivity contribution in [1.29, 1.82) is 0 Å². The van der Waals surface area contributed by atoms with Crippen LogP contribution in [0.2, 0.25) is 0 Å². The average molecular weight is 228 g/mol. The molecule has 0 aromatic rings.